The van der Waals surface area contributed by atoms with Crippen molar-refractivity contribution < 1.29 is 9.18 Å². The summed E-state index contributed by atoms with van der Waals surface area (Å²) < 4.78 is 14.8. The lowest BCUT2D eigenvalue weighted by Gasteiger charge is -2.35. The molecule has 1 amide bonds. The molecular weight excluding hydrogens is 335 g/mol. The van der Waals surface area contributed by atoms with E-state index in [-0.39, 0.29) is 29.7 Å². The summed E-state index contributed by atoms with van der Waals surface area (Å²) in [6, 6.07) is 7.44. The van der Waals surface area contributed by atoms with Crippen LogP contribution in [0.5, 0.6) is 0 Å². The third kappa shape index (κ3) is 3.12. The second-order valence-electron chi connectivity index (χ2n) is 6.59. The van der Waals surface area contributed by atoms with Gasteiger partial charge < -0.3 is 9.88 Å². The van der Waals surface area contributed by atoms with Gasteiger partial charge in [0, 0.05) is 30.7 Å². The number of imidazole rings is 1. The molecule has 0 unspecified atom stereocenters. The highest BCUT2D eigenvalue weighted by Crippen LogP contribution is 2.30. The molecule has 0 spiro atoms. The Morgan fingerprint density at radius 2 is 2.19 bits per heavy atom. The van der Waals surface area contributed by atoms with Crippen molar-refractivity contribution in [3.8, 4) is 0 Å². The molecule has 3 aromatic rings. The number of H-pyrrole nitrogens is 1. The van der Waals surface area contributed by atoms with E-state index >= 15 is 0 Å². The zero-order valence-corrected chi connectivity index (χ0v) is 14.2. The van der Waals surface area contributed by atoms with Crippen molar-refractivity contribution in [2.45, 2.75) is 31.7 Å². The van der Waals surface area contributed by atoms with Crippen molar-refractivity contribution in [3.63, 3.8) is 0 Å². The molecular formula is C19H19FN4O2. The molecule has 7 heteroatoms. The fraction of sp³-hybridized carbons (Fsp3) is 0.316. The third-order valence-corrected chi connectivity index (χ3v) is 4.84. The predicted molar refractivity (Wildman–Crippen MR) is 94.2 cm³/mol. The number of nitrogens with zero attached hydrogens (tertiary/aromatic N) is 3. The standard InChI is InChI=1S/C19H19FN4O2/c20-14-5-3-4-13(10-14)11-17(25)23-8-2-1-6-16(23)15-12-18(26)24-9-7-21-19(24)22-15/h3-5,7,9-10,12,16H,1-2,6,8,11H2,(H,21,22)/t16-/m1/s1. The minimum Gasteiger partial charge on any atom is -0.334 e. The van der Waals surface area contributed by atoms with Crippen molar-refractivity contribution in [2.24, 2.45) is 0 Å². The second kappa shape index (κ2) is 6.74. The SMILES string of the molecule is O=C(Cc1cccc(F)c1)N1CCCC[C@@H]1c1cc(=O)n2ccnc2[nH]1. The van der Waals surface area contributed by atoms with Gasteiger partial charge >= 0.3 is 0 Å². The molecule has 1 aromatic carbocycles. The summed E-state index contributed by atoms with van der Waals surface area (Å²) in [7, 11) is 0. The van der Waals surface area contributed by atoms with Gasteiger partial charge in [-0.3, -0.25) is 14.0 Å². The fourth-order valence-corrected chi connectivity index (χ4v) is 3.60. The molecule has 6 nitrogen and oxygen atoms in total. The number of piperidine rings is 1. The zero-order chi connectivity index (χ0) is 18.1. The monoisotopic (exact) mass is 354 g/mol. The molecule has 1 N–H and O–H groups in total. The highest BCUT2D eigenvalue weighted by molar-refractivity contribution is 5.79. The van der Waals surface area contributed by atoms with Crippen LogP contribution in [0.2, 0.25) is 0 Å². The van der Waals surface area contributed by atoms with Crippen LogP contribution in [0, 0.1) is 5.82 Å². The normalized spacial score (nSPS) is 17.6. The quantitative estimate of drug-likeness (QED) is 0.785. The minimum atomic E-state index is -0.348. The highest BCUT2D eigenvalue weighted by Gasteiger charge is 2.29. The van der Waals surface area contributed by atoms with Gasteiger partial charge in [0.15, 0.2) is 0 Å². The van der Waals surface area contributed by atoms with Gasteiger partial charge in [0.25, 0.3) is 5.56 Å². The summed E-state index contributed by atoms with van der Waals surface area (Å²) in [5, 5.41) is 0. The lowest BCUT2D eigenvalue weighted by molar-refractivity contribution is -0.134. The number of aromatic nitrogens is 3. The van der Waals surface area contributed by atoms with Crippen LogP contribution in [0.25, 0.3) is 5.78 Å². The summed E-state index contributed by atoms with van der Waals surface area (Å²) in [6.45, 7) is 0.625. The second-order valence-corrected chi connectivity index (χ2v) is 6.59. The van der Waals surface area contributed by atoms with E-state index < -0.39 is 0 Å². The Labute approximate surface area is 149 Å². The molecule has 1 fully saturated rings. The summed E-state index contributed by atoms with van der Waals surface area (Å²) in [4.78, 5) is 34.2. The molecule has 134 valence electrons. The lowest BCUT2D eigenvalue weighted by Crippen LogP contribution is -2.40. The maximum atomic E-state index is 13.4. The first-order valence-corrected chi connectivity index (χ1v) is 8.72. The largest absolute Gasteiger partial charge is 0.334 e. The predicted octanol–water partition coefficient (Wildman–Crippen LogP) is 2.46. The average molecular weight is 354 g/mol. The topological polar surface area (TPSA) is 70.5 Å². The molecule has 2 aromatic heterocycles. The molecule has 0 saturated carbocycles. The number of carbonyl (C=O) groups excluding carboxylic acids is 1. The van der Waals surface area contributed by atoms with Crippen LogP contribution in [0.1, 0.15) is 36.6 Å². The first-order valence-electron chi connectivity index (χ1n) is 8.72. The maximum absolute atomic E-state index is 13.4. The fourth-order valence-electron chi connectivity index (χ4n) is 3.60. The number of carbonyl (C=O) groups is 1. The minimum absolute atomic E-state index is 0.0654. The van der Waals surface area contributed by atoms with Crippen LogP contribution in [0.4, 0.5) is 4.39 Å². The first kappa shape index (κ1) is 16.5. The van der Waals surface area contributed by atoms with E-state index in [2.05, 4.69) is 9.97 Å². The Morgan fingerprint density at radius 1 is 1.31 bits per heavy atom. The molecule has 1 atom stereocenters. The van der Waals surface area contributed by atoms with Crippen LogP contribution in [0.3, 0.4) is 0 Å². The average Bonchev–Trinajstić information content (AvgIpc) is 3.11. The number of hydrogen-bond acceptors (Lipinski definition) is 3. The van der Waals surface area contributed by atoms with Gasteiger partial charge in [-0.1, -0.05) is 12.1 Å². The summed E-state index contributed by atoms with van der Waals surface area (Å²) in [6.07, 6.45) is 5.99. The van der Waals surface area contributed by atoms with E-state index in [1.165, 1.54) is 22.6 Å². The molecule has 0 aliphatic carbocycles. The van der Waals surface area contributed by atoms with E-state index in [1.54, 1.807) is 29.4 Å². The van der Waals surface area contributed by atoms with Crippen LogP contribution < -0.4 is 5.56 Å². The van der Waals surface area contributed by atoms with Gasteiger partial charge in [-0.2, -0.15) is 0 Å². The first-order chi connectivity index (χ1) is 12.6. The zero-order valence-electron chi connectivity index (χ0n) is 14.2. The molecule has 0 radical (unpaired) electrons. The van der Waals surface area contributed by atoms with Crippen LogP contribution in [-0.4, -0.2) is 31.7 Å². The summed E-state index contributed by atoms with van der Waals surface area (Å²) >= 11 is 0. The Kier molecular flexibility index (Phi) is 4.28. The van der Waals surface area contributed by atoms with Crippen molar-refractivity contribution in [2.75, 3.05) is 6.54 Å². The van der Waals surface area contributed by atoms with Gasteiger partial charge in [-0.05, 0) is 37.0 Å². The molecule has 4 rings (SSSR count). The van der Waals surface area contributed by atoms with Gasteiger partial charge in [0.1, 0.15) is 5.82 Å². The Morgan fingerprint density at radius 3 is 3.04 bits per heavy atom. The molecule has 1 saturated heterocycles. The van der Waals surface area contributed by atoms with Gasteiger partial charge in [-0.15, -0.1) is 0 Å². The molecule has 3 heterocycles. The number of rotatable bonds is 3. The Balaban J connectivity index is 1.63. The third-order valence-electron chi connectivity index (χ3n) is 4.84. The van der Waals surface area contributed by atoms with Gasteiger partial charge in [0.2, 0.25) is 11.7 Å². The van der Waals surface area contributed by atoms with E-state index in [1.807, 2.05) is 0 Å². The van der Waals surface area contributed by atoms with Crippen LogP contribution >= 0.6 is 0 Å². The summed E-state index contributed by atoms with van der Waals surface area (Å²) in [5.74, 6) is 0.0551. The van der Waals surface area contributed by atoms with Crippen LogP contribution in [0.15, 0.2) is 47.5 Å². The number of benzene rings is 1. The van der Waals surface area contributed by atoms with E-state index in [0.29, 0.717) is 23.6 Å². The lowest BCUT2D eigenvalue weighted by atomic mass is 9.98. The molecule has 26 heavy (non-hydrogen) atoms. The van der Waals surface area contributed by atoms with Crippen molar-refractivity contribution in [1.29, 1.82) is 0 Å². The highest BCUT2D eigenvalue weighted by atomic mass is 19.1. The number of nitrogens with one attached hydrogen (secondary N) is 1. The van der Waals surface area contributed by atoms with Gasteiger partial charge in [0.05, 0.1) is 12.5 Å². The number of aromatic amines is 1. The number of amides is 1. The van der Waals surface area contributed by atoms with Crippen LogP contribution in [-0.2, 0) is 11.2 Å². The van der Waals surface area contributed by atoms with Crippen molar-refractivity contribution >= 4 is 11.7 Å². The molecule has 1 aliphatic heterocycles. The number of halogens is 1. The number of hydrogen-bond donors (Lipinski definition) is 1. The summed E-state index contributed by atoms with van der Waals surface area (Å²) in [5.41, 5.74) is 1.17. The number of likely N-dealkylation sites (tertiary alicyclic amines) is 1. The van der Waals surface area contributed by atoms with Gasteiger partial charge in [-0.25, -0.2) is 9.37 Å². The van der Waals surface area contributed by atoms with Crippen molar-refractivity contribution in [3.05, 3.63) is 70.2 Å². The Bertz CT molecular complexity index is 1010. The Hall–Kier alpha value is -2.96. The maximum Gasteiger partial charge on any atom is 0.259 e. The van der Waals surface area contributed by atoms with Crippen molar-refractivity contribution in [1.82, 2.24) is 19.3 Å². The number of fused-ring (bicyclic) bond motifs is 1. The molecule has 1 aliphatic rings. The smallest absolute Gasteiger partial charge is 0.259 e. The molecule has 0 bridgehead atoms. The van der Waals surface area contributed by atoms with E-state index in [0.717, 1.165) is 19.3 Å². The van der Waals surface area contributed by atoms with E-state index in [4.69, 9.17) is 0 Å². The van der Waals surface area contributed by atoms with E-state index in [9.17, 15) is 14.0 Å².